The topological polar surface area (TPSA) is 107 Å². The van der Waals surface area contributed by atoms with Crippen molar-refractivity contribution in [1.82, 2.24) is 24.8 Å². The first-order valence-corrected chi connectivity index (χ1v) is 10.6. The minimum Gasteiger partial charge on any atom is -0.378 e. The van der Waals surface area contributed by atoms with Crippen LogP contribution in [0.15, 0.2) is 17.6 Å². The van der Waals surface area contributed by atoms with Crippen molar-refractivity contribution in [2.24, 2.45) is 0 Å². The molecule has 0 saturated carbocycles. The smallest absolute Gasteiger partial charge is 0.273 e. The Morgan fingerprint density at radius 1 is 1.34 bits per heavy atom. The predicted octanol–water partition coefficient (Wildman–Crippen LogP) is 1.85. The first kappa shape index (κ1) is 19.7. The van der Waals surface area contributed by atoms with Gasteiger partial charge >= 0.3 is 0 Å². The number of nitriles is 1. The lowest BCUT2D eigenvalue weighted by Gasteiger charge is -2.30. The van der Waals surface area contributed by atoms with Crippen LogP contribution < -0.4 is 5.32 Å². The first-order valence-electron chi connectivity index (χ1n) is 9.75. The maximum Gasteiger partial charge on any atom is 0.273 e. The van der Waals surface area contributed by atoms with E-state index >= 15 is 0 Å². The van der Waals surface area contributed by atoms with Gasteiger partial charge in [-0.15, -0.1) is 11.3 Å². The van der Waals surface area contributed by atoms with Crippen molar-refractivity contribution in [1.29, 1.82) is 5.26 Å². The van der Waals surface area contributed by atoms with E-state index in [4.69, 9.17) is 10.00 Å². The molecule has 0 aromatic carbocycles. The Morgan fingerprint density at radius 2 is 2.21 bits per heavy atom. The highest BCUT2D eigenvalue weighted by Crippen LogP contribution is 2.26. The van der Waals surface area contributed by atoms with E-state index in [0.717, 1.165) is 31.6 Å². The Labute approximate surface area is 173 Å². The Hall–Kier alpha value is -2.61. The summed E-state index contributed by atoms with van der Waals surface area (Å²) < 4.78 is 5.29. The number of piperidine rings is 1. The van der Waals surface area contributed by atoms with Gasteiger partial charge in [0.25, 0.3) is 5.91 Å². The van der Waals surface area contributed by atoms with Crippen LogP contribution in [0.2, 0.25) is 0 Å². The number of anilines is 2. The van der Waals surface area contributed by atoms with Crippen molar-refractivity contribution in [2.45, 2.75) is 18.8 Å². The number of thiazole rings is 1. The molecule has 0 bridgehead atoms. The molecule has 0 unspecified atom stereocenters. The van der Waals surface area contributed by atoms with Crippen LogP contribution in [0.3, 0.4) is 0 Å². The Bertz CT molecular complexity index is 891. The number of ether oxygens (including phenoxy) is 1. The lowest BCUT2D eigenvalue weighted by Crippen LogP contribution is -2.40. The van der Waals surface area contributed by atoms with Gasteiger partial charge in [-0.25, -0.2) is 15.0 Å². The molecule has 2 aromatic heterocycles. The summed E-state index contributed by atoms with van der Waals surface area (Å²) in [7, 11) is 0. The van der Waals surface area contributed by atoms with E-state index in [-0.39, 0.29) is 11.8 Å². The van der Waals surface area contributed by atoms with Gasteiger partial charge in [0.1, 0.15) is 5.69 Å². The minimum absolute atomic E-state index is 0.0768. The number of likely N-dealkylation sites (tertiary alicyclic amines) is 1. The van der Waals surface area contributed by atoms with Crippen LogP contribution in [0.5, 0.6) is 0 Å². The molecule has 152 valence electrons. The standard InChI is InChI=1S/C19H23N7O2S/c20-4-7-25-6-1-2-14(12-25)15-3-5-21-18(22-15)24-19-23-16(13-29-19)17(27)26-8-10-28-11-9-26/h3,5,13-14H,1-2,6-12H2,(H,21,22,23,24)/t14-/m0/s1. The molecule has 1 amide bonds. The van der Waals surface area contributed by atoms with Crippen molar-refractivity contribution in [3.63, 3.8) is 0 Å². The lowest BCUT2D eigenvalue weighted by molar-refractivity contribution is 0.0299. The molecule has 2 aromatic rings. The number of nitrogens with zero attached hydrogens (tertiary/aromatic N) is 6. The van der Waals surface area contributed by atoms with Crippen LogP contribution in [-0.4, -0.2) is 76.6 Å². The van der Waals surface area contributed by atoms with Gasteiger partial charge < -0.3 is 15.0 Å². The zero-order valence-corrected chi connectivity index (χ0v) is 16.9. The molecule has 2 fully saturated rings. The number of hydrogen-bond donors (Lipinski definition) is 1. The fourth-order valence-corrected chi connectivity index (χ4v) is 4.33. The lowest BCUT2D eigenvalue weighted by atomic mass is 9.94. The molecule has 0 aliphatic carbocycles. The van der Waals surface area contributed by atoms with E-state index < -0.39 is 0 Å². The summed E-state index contributed by atoms with van der Waals surface area (Å²) in [5.74, 6) is 0.682. The highest BCUT2D eigenvalue weighted by Gasteiger charge is 2.23. The number of rotatable bonds is 5. The van der Waals surface area contributed by atoms with Crippen molar-refractivity contribution in [3.8, 4) is 6.07 Å². The Morgan fingerprint density at radius 3 is 3.03 bits per heavy atom. The number of carbonyl (C=O) groups excluding carboxylic acids is 1. The molecular formula is C19H23N7O2S. The summed E-state index contributed by atoms with van der Waals surface area (Å²) in [5.41, 5.74) is 1.39. The summed E-state index contributed by atoms with van der Waals surface area (Å²) in [6.07, 6.45) is 3.84. The van der Waals surface area contributed by atoms with Gasteiger partial charge in [0.15, 0.2) is 5.13 Å². The van der Waals surface area contributed by atoms with Gasteiger partial charge in [-0.1, -0.05) is 0 Å². The largest absolute Gasteiger partial charge is 0.378 e. The van der Waals surface area contributed by atoms with Crippen molar-refractivity contribution >= 4 is 28.3 Å². The molecule has 0 spiro atoms. The molecule has 9 nitrogen and oxygen atoms in total. The number of nitrogens with one attached hydrogen (secondary N) is 1. The van der Waals surface area contributed by atoms with E-state index in [1.54, 1.807) is 16.5 Å². The molecule has 29 heavy (non-hydrogen) atoms. The SMILES string of the molecule is N#CCN1CCC[C@H](c2ccnc(Nc3nc(C(=O)N4CCOCC4)cs3)n2)C1. The third-order valence-electron chi connectivity index (χ3n) is 5.14. The highest BCUT2D eigenvalue weighted by atomic mass is 32.1. The summed E-state index contributed by atoms with van der Waals surface area (Å²) in [5, 5.41) is 14.4. The fourth-order valence-electron chi connectivity index (χ4n) is 3.65. The number of morpholine rings is 1. The molecule has 1 N–H and O–H groups in total. The van der Waals surface area contributed by atoms with Crippen LogP contribution in [0.1, 0.15) is 34.9 Å². The second-order valence-electron chi connectivity index (χ2n) is 7.10. The summed E-state index contributed by atoms with van der Waals surface area (Å²) in [4.78, 5) is 29.8. The van der Waals surface area contributed by atoms with Gasteiger partial charge in [0.2, 0.25) is 5.95 Å². The van der Waals surface area contributed by atoms with Crippen molar-refractivity contribution in [3.05, 3.63) is 29.0 Å². The van der Waals surface area contributed by atoms with Gasteiger partial charge in [0, 0.05) is 37.1 Å². The zero-order valence-electron chi connectivity index (χ0n) is 16.1. The maximum absolute atomic E-state index is 12.5. The Kier molecular flexibility index (Phi) is 6.29. The summed E-state index contributed by atoms with van der Waals surface area (Å²) in [6, 6.07) is 4.16. The monoisotopic (exact) mass is 413 g/mol. The van der Waals surface area contributed by atoms with Crippen molar-refractivity contribution in [2.75, 3.05) is 51.3 Å². The third kappa shape index (κ3) is 4.87. The van der Waals surface area contributed by atoms with Crippen molar-refractivity contribution < 1.29 is 9.53 Å². The van der Waals surface area contributed by atoms with Crippen LogP contribution in [0.4, 0.5) is 11.1 Å². The molecular weight excluding hydrogens is 390 g/mol. The Balaban J connectivity index is 1.41. The molecule has 2 aliphatic heterocycles. The number of carbonyl (C=O) groups is 1. The quantitative estimate of drug-likeness (QED) is 0.740. The number of amides is 1. The van der Waals surface area contributed by atoms with E-state index in [1.807, 2.05) is 6.07 Å². The highest BCUT2D eigenvalue weighted by molar-refractivity contribution is 7.14. The molecule has 4 heterocycles. The number of aromatic nitrogens is 3. The average molecular weight is 414 g/mol. The van der Waals surface area contributed by atoms with Crippen LogP contribution in [0, 0.1) is 11.3 Å². The van der Waals surface area contributed by atoms with Crippen LogP contribution in [-0.2, 0) is 4.74 Å². The molecule has 10 heteroatoms. The first-order chi connectivity index (χ1) is 14.2. The van der Waals surface area contributed by atoms with Crippen LogP contribution >= 0.6 is 11.3 Å². The fraction of sp³-hybridized carbons (Fsp3) is 0.526. The molecule has 1 atom stereocenters. The average Bonchev–Trinajstić information content (AvgIpc) is 3.23. The molecule has 2 aliphatic rings. The van der Waals surface area contributed by atoms with Gasteiger partial charge in [-0.05, 0) is 25.5 Å². The van der Waals surface area contributed by atoms with Gasteiger partial charge in [-0.2, -0.15) is 5.26 Å². The summed E-state index contributed by atoms with van der Waals surface area (Å²) in [6.45, 7) is 4.55. The third-order valence-corrected chi connectivity index (χ3v) is 5.89. The van der Waals surface area contributed by atoms with E-state index in [1.165, 1.54) is 11.3 Å². The summed E-state index contributed by atoms with van der Waals surface area (Å²) >= 11 is 1.36. The molecule has 0 radical (unpaired) electrons. The van der Waals surface area contributed by atoms with E-state index in [9.17, 15) is 4.79 Å². The van der Waals surface area contributed by atoms with E-state index in [0.29, 0.717) is 49.6 Å². The van der Waals surface area contributed by atoms with Crippen LogP contribution in [0.25, 0.3) is 0 Å². The zero-order chi connectivity index (χ0) is 20.1. The second kappa shape index (κ2) is 9.26. The normalized spacial score (nSPS) is 20.2. The second-order valence-corrected chi connectivity index (χ2v) is 7.96. The molecule has 4 rings (SSSR count). The number of hydrogen-bond acceptors (Lipinski definition) is 9. The van der Waals surface area contributed by atoms with E-state index in [2.05, 4.69) is 31.2 Å². The van der Waals surface area contributed by atoms with Gasteiger partial charge in [0.05, 0.1) is 31.5 Å². The maximum atomic E-state index is 12.5. The predicted molar refractivity (Wildman–Crippen MR) is 108 cm³/mol. The minimum atomic E-state index is -0.0768. The van der Waals surface area contributed by atoms with Gasteiger partial charge in [-0.3, -0.25) is 9.69 Å². The molecule has 2 saturated heterocycles.